The van der Waals surface area contributed by atoms with Crippen LogP contribution >= 0.6 is 0 Å². The Hall–Kier alpha value is -0.940. The first-order valence-electron chi connectivity index (χ1n) is 23.5. The highest BCUT2D eigenvalue weighted by Crippen LogP contribution is 2.70. The Morgan fingerprint density at radius 1 is 0.694 bits per heavy atom. The first kappa shape index (κ1) is 46.2. The fourth-order valence-electron chi connectivity index (χ4n) is 14.2. The third-order valence-electron chi connectivity index (χ3n) is 17.9. The molecule has 0 aromatic carbocycles. The van der Waals surface area contributed by atoms with Crippen molar-refractivity contribution in [2.24, 2.45) is 46.3 Å². The van der Waals surface area contributed by atoms with Crippen molar-refractivity contribution in [3.63, 3.8) is 0 Å². The molecule has 9 aliphatic rings. The maximum Gasteiger partial charge on any atom is 0.187 e. The lowest BCUT2D eigenvalue weighted by Gasteiger charge is -2.59. The summed E-state index contributed by atoms with van der Waals surface area (Å²) in [5.41, 5.74) is 1.32. The predicted molar refractivity (Wildman–Crippen MR) is 216 cm³/mol. The Bertz CT molecular complexity index is 1610. The van der Waals surface area contributed by atoms with E-state index in [0.29, 0.717) is 48.3 Å². The van der Waals surface area contributed by atoms with E-state index in [-0.39, 0.29) is 22.7 Å². The molecule has 0 unspecified atom stereocenters. The highest BCUT2D eigenvalue weighted by Gasteiger charge is 2.68. The smallest absolute Gasteiger partial charge is 0.187 e. The molecule has 3 saturated carbocycles. The number of hydrogen-bond acceptors (Lipinski definition) is 17. The van der Waals surface area contributed by atoms with E-state index in [9.17, 15) is 46.0 Å². The minimum absolute atomic E-state index is 0.0361. The van der Waals surface area contributed by atoms with Gasteiger partial charge in [0.05, 0.1) is 31.5 Å². The molecule has 1 spiro atoms. The second-order valence-corrected chi connectivity index (χ2v) is 21.2. The van der Waals surface area contributed by atoms with Gasteiger partial charge in [-0.1, -0.05) is 39.3 Å². The van der Waals surface area contributed by atoms with Crippen molar-refractivity contribution < 1.29 is 79.1 Å². The van der Waals surface area contributed by atoms with E-state index in [4.69, 9.17) is 33.2 Å². The van der Waals surface area contributed by atoms with E-state index in [1.165, 1.54) is 25.3 Å². The normalized spacial score (nSPS) is 57.6. The lowest BCUT2D eigenvalue weighted by atomic mass is 9.47. The molecule has 10 N–H and O–H groups in total. The first-order valence-corrected chi connectivity index (χ1v) is 23.5. The first-order chi connectivity index (χ1) is 29.4. The zero-order chi connectivity index (χ0) is 44.2. The predicted octanol–water partition coefficient (Wildman–Crippen LogP) is -0.213. The molecule has 5 aliphatic heterocycles. The number of allylic oxidation sites excluding steroid dienone is 1. The van der Waals surface area contributed by atoms with Gasteiger partial charge >= 0.3 is 0 Å². The number of aliphatic hydroxyl groups is 9. The molecule has 0 radical (unpaired) electrons. The van der Waals surface area contributed by atoms with E-state index in [1.54, 1.807) is 0 Å². The monoisotopic (exact) mass is 883 g/mol. The summed E-state index contributed by atoms with van der Waals surface area (Å²) in [5.74, 6) is 3.32. The van der Waals surface area contributed by atoms with Crippen LogP contribution in [0.1, 0.15) is 92.4 Å². The minimum atomic E-state index is -1.84. The number of aliphatic hydroxyl groups excluding tert-OH is 9. The van der Waals surface area contributed by atoms with Gasteiger partial charge in [0, 0.05) is 12.5 Å². The van der Waals surface area contributed by atoms with Crippen LogP contribution in [0.5, 0.6) is 0 Å². The molecule has 17 heteroatoms. The average molecular weight is 884 g/mol. The van der Waals surface area contributed by atoms with E-state index in [0.717, 1.165) is 38.6 Å². The van der Waals surface area contributed by atoms with E-state index < -0.39 is 111 Å². The van der Waals surface area contributed by atoms with Gasteiger partial charge in [0.25, 0.3) is 0 Å². The van der Waals surface area contributed by atoms with Crippen LogP contribution in [0.4, 0.5) is 0 Å². The molecule has 0 aromatic heterocycles. The molecule has 5 heterocycles. The second-order valence-electron chi connectivity index (χ2n) is 21.2. The number of nitrogens with one attached hydrogen (secondary N) is 1. The van der Waals surface area contributed by atoms with Crippen molar-refractivity contribution in [3.8, 4) is 0 Å². The molecule has 62 heavy (non-hydrogen) atoms. The standard InChI is InChI=1S/C45H73NO16/c1-19-8-13-45(46-16-19)20(2)30-27(62-45)15-26-24-7-6-22-14-23(9-11-43(22,4)25(24)10-12-44(26,30)5)57-42-39(61-40-36(54)34(52)31(49)21(3)56-40)38(33(51)29(18-48)59-42)60-41-37(55)35(53)32(50)28(17-47)58-41/h6,19-21,23-42,46-55H,7-18H2,1-5H3/t19-,20-,21-,23+,24+,25-,26-,27-,28-,29+,30-,31-,32+,33+,34+,35-,36+,37+,38-,39+,40+,41+,42+,43-,44-,45+/m1/s1. The molecule has 8 fully saturated rings. The molecule has 26 atom stereocenters. The Labute approximate surface area is 364 Å². The van der Waals surface area contributed by atoms with Gasteiger partial charge in [-0.2, -0.15) is 0 Å². The summed E-state index contributed by atoms with van der Waals surface area (Å²) in [6.07, 6.45) is -11.9. The van der Waals surface area contributed by atoms with E-state index >= 15 is 0 Å². The van der Waals surface area contributed by atoms with E-state index in [1.807, 2.05) is 0 Å². The fraction of sp³-hybridized carbons (Fsp3) is 0.956. The molecule has 9 rings (SSSR count). The van der Waals surface area contributed by atoms with Gasteiger partial charge in [0.15, 0.2) is 18.9 Å². The van der Waals surface area contributed by atoms with Crippen molar-refractivity contribution in [1.82, 2.24) is 5.32 Å². The largest absolute Gasteiger partial charge is 0.394 e. The Morgan fingerprint density at radius 3 is 2.05 bits per heavy atom. The summed E-state index contributed by atoms with van der Waals surface area (Å²) in [5, 5.41) is 99.7. The molecule has 0 bridgehead atoms. The topological polar surface area (TPSA) is 259 Å². The average Bonchev–Trinajstić information content (AvgIpc) is 3.70. The molecule has 5 saturated heterocycles. The van der Waals surface area contributed by atoms with Crippen LogP contribution in [0.3, 0.4) is 0 Å². The van der Waals surface area contributed by atoms with Crippen LogP contribution in [0.15, 0.2) is 11.6 Å². The van der Waals surface area contributed by atoms with Crippen molar-refractivity contribution in [2.75, 3.05) is 19.8 Å². The Morgan fingerprint density at radius 2 is 1.35 bits per heavy atom. The van der Waals surface area contributed by atoms with Crippen LogP contribution in [0, 0.1) is 46.3 Å². The minimum Gasteiger partial charge on any atom is -0.394 e. The third-order valence-corrected chi connectivity index (χ3v) is 17.9. The second kappa shape index (κ2) is 17.3. The molecule has 0 aromatic rings. The van der Waals surface area contributed by atoms with Gasteiger partial charge in [-0.3, -0.25) is 5.32 Å². The van der Waals surface area contributed by atoms with Crippen LogP contribution in [0.2, 0.25) is 0 Å². The number of ether oxygens (including phenoxy) is 7. The zero-order valence-corrected chi connectivity index (χ0v) is 36.7. The summed E-state index contributed by atoms with van der Waals surface area (Å²) in [4.78, 5) is 0. The quantitative estimate of drug-likeness (QED) is 0.142. The maximum atomic E-state index is 11.6. The third kappa shape index (κ3) is 7.49. The van der Waals surface area contributed by atoms with Gasteiger partial charge < -0.3 is 79.1 Å². The Kier molecular flexibility index (Phi) is 12.9. The van der Waals surface area contributed by atoms with Crippen molar-refractivity contribution >= 4 is 0 Å². The highest BCUT2D eigenvalue weighted by atomic mass is 16.8. The van der Waals surface area contributed by atoms with Crippen LogP contribution in [-0.2, 0) is 33.2 Å². The van der Waals surface area contributed by atoms with Gasteiger partial charge in [-0.05, 0) is 105 Å². The number of rotatable bonds is 8. The van der Waals surface area contributed by atoms with Crippen molar-refractivity contribution in [3.05, 3.63) is 11.6 Å². The van der Waals surface area contributed by atoms with E-state index in [2.05, 4.69) is 39.1 Å². The van der Waals surface area contributed by atoms with Crippen molar-refractivity contribution in [1.29, 1.82) is 0 Å². The maximum absolute atomic E-state index is 11.6. The summed E-state index contributed by atoms with van der Waals surface area (Å²) in [6.45, 7) is 10.8. The lowest BCUT2D eigenvalue weighted by molar-refractivity contribution is -0.394. The molecule has 17 nitrogen and oxygen atoms in total. The Balaban J connectivity index is 0.940. The molecular weight excluding hydrogens is 810 g/mol. The van der Waals surface area contributed by atoms with Gasteiger partial charge in [-0.25, -0.2) is 0 Å². The van der Waals surface area contributed by atoms with Gasteiger partial charge in [-0.15, -0.1) is 0 Å². The molecule has 354 valence electrons. The fourth-order valence-corrected chi connectivity index (χ4v) is 14.2. The van der Waals surface area contributed by atoms with Crippen LogP contribution in [0.25, 0.3) is 0 Å². The molecular formula is C45H73NO16. The summed E-state index contributed by atoms with van der Waals surface area (Å²) in [7, 11) is 0. The zero-order valence-electron chi connectivity index (χ0n) is 36.7. The SMILES string of the molecule is C[C@@H]1CC[C@]2(NC1)O[C@@H]1C[C@@H]3[C@H]4CC=C5C[C@@H](O[C@H]6O[C@@H](CO)[C@H](O)[C@@H](O[C@@H]7O[C@H](CO)[C@H](O)[C@@H](O)[C@@H]7O)[C@@H]6O[C@@H]6O[C@H](C)[C@@H](O)[C@H](O)[C@@H]6O)CC[C@@]5(C)[C@@H]4CC[C@@]3(C)[C@@H]1[C@H]2C. The van der Waals surface area contributed by atoms with Gasteiger partial charge in [0.2, 0.25) is 0 Å². The van der Waals surface area contributed by atoms with Crippen molar-refractivity contribution in [2.45, 2.75) is 202 Å². The number of fused-ring (bicyclic) bond motifs is 7. The lowest BCUT2D eigenvalue weighted by Crippen LogP contribution is -2.67. The summed E-state index contributed by atoms with van der Waals surface area (Å²) >= 11 is 0. The van der Waals surface area contributed by atoms with Crippen LogP contribution < -0.4 is 5.32 Å². The van der Waals surface area contributed by atoms with Crippen LogP contribution in [-0.4, -0.2) is 176 Å². The summed E-state index contributed by atoms with van der Waals surface area (Å²) < 4.78 is 43.9. The number of piperidine rings is 1. The summed E-state index contributed by atoms with van der Waals surface area (Å²) in [6, 6.07) is 0. The molecule has 0 amide bonds. The highest BCUT2D eigenvalue weighted by molar-refractivity contribution is 5.26. The number of hydrogen-bond donors (Lipinski definition) is 10. The molecule has 4 aliphatic carbocycles. The van der Waals surface area contributed by atoms with Gasteiger partial charge in [0.1, 0.15) is 72.9 Å².